The van der Waals surface area contributed by atoms with Crippen LogP contribution < -0.4 is 0 Å². The van der Waals surface area contributed by atoms with Crippen molar-refractivity contribution in [2.45, 2.75) is 0 Å². The molecule has 0 N–H and O–H groups in total. The second-order valence-electron chi connectivity index (χ2n) is 9.66. The van der Waals surface area contributed by atoms with Crippen molar-refractivity contribution in [1.82, 2.24) is 15.0 Å². The normalized spacial score (nSPS) is 11.6. The highest BCUT2D eigenvalue weighted by Crippen LogP contribution is 2.37. The summed E-state index contributed by atoms with van der Waals surface area (Å²) in [7, 11) is 0. The maximum atomic E-state index is 6.11. The molecular formula is C35H21N3O. The molecule has 0 fully saturated rings. The summed E-state index contributed by atoms with van der Waals surface area (Å²) < 4.78 is 6.11. The molecule has 5 aromatic carbocycles. The maximum absolute atomic E-state index is 6.11. The zero-order valence-corrected chi connectivity index (χ0v) is 20.9. The van der Waals surface area contributed by atoms with E-state index >= 15 is 0 Å². The molecule has 0 aliphatic rings. The van der Waals surface area contributed by atoms with Gasteiger partial charge in [0.25, 0.3) is 0 Å². The second-order valence-corrected chi connectivity index (χ2v) is 9.66. The number of hydrogen-bond acceptors (Lipinski definition) is 4. The van der Waals surface area contributed by atoms with Gasteiger partial charge in [-0.1, -0.05) is 97.1 Å². The first-order valence-corrected chi connectivity index (χ1v) is 13.0. The molecule has 182 valence electrons. The highest BCUT2D eigenvalue weighted by molar-refractivity contribution is 6.12. The van der Waals surface area contributed by atoms with E-state index in [4.69, 9.17) is 19.4 Å². The van der Waals surface area contributed by atoms with Crippen molar-refractivity contribution in [3.63, 3.8) is 0 Å². The zero-order valence-electron chi connectivity index (χ0n) is 20.9. The number of rotatable bonds is 3. The smallest absolute Gasteiger partial charge is 0.179 e. The first kappa shape index (κ1) is 21.7. The third-order valence-electron chi connectivity index (χ3n) is 7.30. The summed E-state index contributed by atoms with van der Waals surface area (Å²) >= 11 is 0. The van der Waals surface area contributed by atoms with E-state index in [1.807, 2.05) is 60.7 Å². The molecule has 39 heavy (non-hydrogen) atoms. The van der Waals surface area contributed by atoms with Crippen molar-refractivity contribution >= 4 is 43.7 Å². The van der Waals surface area contributed by atoms with Crippen LogP contribution in [0.3, 0.4) is 0 Å². The number of aromatic nitrogens is 3. The molecule has 0 amide bonds. The van der Waals surface area contributed by atoms with E-state index in [9.17, 15) is 0 Å². The fourth-order valence-corrected chi connectivity index (χ4v) is 5.42. The third kappa shape index (κ3) is 3.57. The van der Waals surface area contributed by atoms with Gasteiger partial charge < -0.3 is 4.42 Å². The van der Waals surface area contributed by atoms with Gasteiger partial charge in [-0.15, -0.1) is 0 Å². The predicted molar refractivity (Wildman–Crippen MR) is 158 cm³/mol. The van der Waals surface area contributed by atoms with Gasteiger partial charge in [-0.25, -0.2) is 15.0 Å². The monoisotopic (exact) mass is 499 g/mol. The Morgan fingerprint density at radius 3 is 2.08 bits per heavy atom. The van der Waals surface area contributed by atoms with Crippen LogP contribution in [-0.4, -0.2) is 15.0 Å². The maximum Gasteiger partial charge on any atom is 0.179 e. The molecule has 0 bridgehead atoms. The summed E-state index contributed by atoms with van der Waals surface area (Å²) in [6, 6.07) is 43.4. The van der Waals surface area contributed by atoms with Crippen molar-refractivity contribution in [1.29, 1.82) is 0 Å². The van der Waals surface area contributed by atoms with Gasteiger partial charge in [-0.05, 0) is 41.5 Å². The number of pyridine rings is 1. The average molecular weight is 500 g/mol. The number of fused-ring (bicyclic) bond motifs is 5. The topological polar surface area (TPSA) is 51.8 Å². The molecule has 3 aromatic heterocycles. The lowest BCUT2D eigenvalue weighted by Crippen LogP contribution is -1.97. The first-order valence-electron chi connectivity index (χ1n) is 13.0. The second kappa shape index (κ2) is 8.61. The van der Waals surface area contributed by atoms with Gasteiger partial charge in [0.05, 0.1) is 16.7 Å². The van der Waals surface area contributed by atoms with Crippen molar-refractivity contribution in [2.24, 2.45) is 0 Å². The number of furan rings is 1. The number of hydrogen-bond donors (Lipinski definition) is 0. The van der Waals surface area contributed by atoms with Crippen LogP contribution in [-0.2, 0) is 0 Å². The minimum Gasteiger partial charge on any atom is -0.456 e. The zero-order chi connectivity index (χ0) is 25.8. The largest absolute Gasteiger partial charge is 0.456 e. The molecule has 3 heterocycles. The highest BCUT2D eigenvalue weighted by Gasteiger charge is 2.15. The number of nitrogens with zero attached hydrogens (tertiary/aromatic N) is 3. The van der Waals surface area contributed by atoms with Gasteiger partial charge in [0.2, 0.25) is 0 Å². The predicted octanol–water partition coefficient (Wildman–Crippen LogP) is 9.08. The van der Waals surface area contributed by atoms with E-state index in [-0.39, 0.29) is 0 Å². The average Bonchev–Trinajstić information content (AvgIpc) is 3.39. The number of benzene rings is 5. The summed E-state index contributed by atoms with van der Waals surface area (Å²) in [5.41, 5.74) is 8.59. The number of para-hydroxylation sites is 3. The molecule has 0 aliphatic carbocycles. The van der Waals surface area contributed by atoms with Crippen molar-refractivity contribution in [3.05, 3.63) is 127 Å². The van der Waals surface area contributed by atoms with Crippen LogP contribution in [0.2, 0.25) is 0 Å². The Morgan fingerprint density at radius 1 is 0.462 bits per heavy atom. The minimum absolute atomic E-state index is 0.619. The molecule has 0 spiro atoms. The Hall–Kier alpha value is -5.35. The Labute approximate surface area is 224 Å². The first-order chi connectivity index (χ1) is 19.3. The fraction of sp³-hybridized carbons (Fsp3) is 0. The molecular weight excluding hydrogens is 478 g/mol. The molecule has 0 unspecified atom stereocenters. The lowest BCUT2D eigenvalue weighted by atomic mass is 9.97. The summed E-state index contributed by atoms with van der Waals surface area (Å²) in [6.45, 7) is 0. The molecule has 4 heteroatoms. The summed E-state index contributed by atoms with van der Waals surface area (Å²) in [4.78, 5) is 14.8. The van der Waals surface area contributed by atoms with Crippen LogP contribution in [0.1, 0.15) is 0 Å². The van der Waals surface area contributed by atoms with E-state index < -0.39 is 0 Å². The van der Waals surface area contributed by atoms with E-state index in [0.29, 0.717) is 5.82 Å². The van der Waals surface area contributed by atoms with Crippen LogP contribution in [0.25, 0.3) is 77.6 Å². The van der Waals surface area contributed by atoms with E-state index in [1.54, 1.807) is 0 Å². The molecule has 0 atom stereocenters. The van der Waals surface area contributed by atoms with Crippen molar-refractivity contribution < 1.29 is 4.42 Å². The van der Waals surface area contributed by atoms with Crippen molar-refractivity contribution in [2.75, 3.05) is 0 Å². The van der Waals surface area contributed by atoms with Gasteiger partial charge >= 0.3 is 0 Å². The minimum atomic E-state index is 0.619. The van der Waals surface area contributed by atoms with Gasteiger partial charge in [-0.3, -0.25) is 0 Å². The van der Waals surface area contributed by atoms with Gasteiger partial charge in [-0.2, -0.15) is 0 Å². The van der Waals surface area contributed by atoms with Crippen LogP contribution in [0.4, 0.5) is 0 Å². The van der Waals surface area contributed by atoms with Crippen LogP contribution in [0, 0.1) is 0 Å². The van der Waals surface area contributed by atoms with E-state index in [2.05, 4.69) is 66.7 Å². The van der Waals surface area contributed by atoms with Crippen molar-refractivity contribution in [3.8, 4) is 33.9 Å². The molecule has 8 aromatic rings. The lowest BCUT2D eigenvalue weighted by Gasteiger charge is -2.11. The van der Waals surface area contributed by atoms with E-state index in [1.165, 1.54) is 0 Å². The molecule has 0 saturated carbocycles. The molecule has 0 saturated heterocycles. The van der Waals surface area contributed by atoms with E-state index in [0.717, 1.165) is 71.8 Å². The van der Waals surface area contributed by atoms with Crippen LogP contribution in [0.15, 0.2) is 132 Å². The van der Waals surface area contributed by atoms with Gasteiger partial charge in [0.15, 0.2) is 5.82 Å². The molecule has 4 nitrogen and oxygen atoms in total. The third-order valence-corrected chi connectivity index (χ3v) is 7.30. The van der Waals surface area contributed by atoms with Crippen LogP contribution in [0.5, 0.6) is 0 Å². The Kier molecular flexibility index (Phi) is 4.79. The quantitative estimate of drug-likeness (QED) is 0.243. The summed E-state index contributed by atoms with van der Waals surface area (Å²) in [6.07, 6.45) is 0. The fourth-order valence-electron chi connectivity index (χ4n) is 5.42. The molecule has 0 radical (unpaired) electrons. The Bertz CT molecular complexity index is 2180. The molecule has 0 aliphatic heterocycles. The highest BCUT2D eigenvalue weighted by atomic mass is 16.3. The lowest BCUT2D eigenvalue weighted by molar-refractivity contribution is 0.669. The standard InChI is InChI=1S/C35H21N3O/c1-4-12-28-23(8-1)20-21-30(36-28)35-37-29-13-5-2-9-26(29)34(38-35)24-18-16-22(17-19-24)25-11-7-15-32-33(25)27-10-3-6-14-31(27)39-32/h1-21H. The van der Waals surface area contributed by atoms with Crippen LogP contribution >= 0.6 is 0 Å². The SMILES string of the molecule is c1ccc2nc(-c3nc(-c4ccc(-c5cccc6oc7ccccc7c56)cc4)c4ccccc4n3)ccc2c1. The Morgan fingerprint density at radius 2 is 1.18 bits per heavy atom. The van der Waals surface area contributed by atoms with Gasteiger partial charge in [0, 0.05) is 27.1 Å². The summed E-state index contributed by atoms with van der Waals surface area (Å²) in [5.74, 6) is 0.619. The Balaban J connectivity index is 1.27. The van der Waals surface area contributed by atoms with Gasteiger partial charge in [0.1, 0.15) is 16.9 Å². The molecule has 8 rings (SSSR count). The summed E-state index contributed by atoms with van der Waals surface area (Å²) in [5, 5.41) is 4.37.